The van der Waals surface area contributed by atoms with Crippen LogP contribution >= 0.6 is 15.9 Å². The summed E-state index contributed by atoms with van der Waals surface area (Å²) in [6.45, 7) is 2.86. The van der Waals surface area contributed by atoms with E-state index < -0.39 is 0 Å². The van der Waals surface area contributed by atoms with Crippen molar-refractivity contribution in [2.24, 2.45) is 0 Å². The number of aliphatic hydroxyl groups excluding tert-OH is 1. The first kappa shape index (κ1) is 10.8. The fraction of sp³-hybridized carbons (Fsp3) is 0.556. The van der Waals surface area contributed by atoms with Crippen molar-refractivity contribution in [3.8, 4) is 0 Å². The topological polar surface area (TPSA) is 45.4 Å². The van der Waals surface area contributed by atoms with Gasteiger partial charge in [0, 0.05) is 6.04 Å². The minimum atomic E-state index is 0.156. The molecule has 0 aliphatic carbocycles. The Hall–Kier alpha value is -0.320. The van der Waals surface area contributed by atoms with Gasteiger partial charge in [-0.15, -0.1) is 0 Å². The molecule has 1 rings (SSSR count). The molecule has 1 aromatic heterocycles. The maximum atomic E-state index is 8.91. The highest BCUT2D eigenvalue weighted by Crippen LogP contribution is 2.13. The van der Waals surface area contributed by atoms with Gasteiger partial charge >= 0.3 is 0 Å². The fourth-order valence-electron chi connectivity index (χ4n) is 1.03. The number of rotatable bonds is 5. The van der Waals surface area contributed by atoms with Crippen LogP contribution in [0.5, 0.6) is 0 Å². The van der Waals surface area contributed by atoms with Crippen LogP contribution in [0.3, 0.4) is 0 Å². The highest BCUT2D eigenvalue weighted by molar-refractivity contribution is 9.10. The third kappa shape index (κ3) is 3.50. The van der Waals surface area contributed by atoms with E-state index in [4.69, 9.17) is 9.52 Å². The predicted molar refractivity (Wildman–Crippen MR) is 54.4 cm³/mol. The van der Waals surface area contributed by atoms with Crippen molar-refractivity contribution >= 4 is 15.9 Å². The van der Waals surface area contributed by atoms with Crippen molar-refractivity contribution in [2.45, 2.75) is 25.9 Å². The van der Waals surface area contributed by atoms with Crippen molar-refractivity contribution in [2.75, 3.05) is 6.61 Å². The molecular weight excluding hydrogens is 234 g/mol. The van der Waals surface area contributed by atoms with Gasteiger partial charge in [0.1, 0.15) is 5.76 Å². The van der Waals surface area contributed by atoms with Gasteiger partial charge in [0.05, 0.1) is 13.2 Å². The molecule has 2 N–H and O–H groups in total. The maximum absolute atomic E-state index is 8.91. The standard InChI is InChI=1S/C9H14BrNO2/c1-2-7(6-12)11-5-8-3-4-9(10)13-8/h3-4,7,11-12H,2,5-6H2,1H3. The monoisotopic (exact) mass is 247 g/mol. The molecule has 3 nitrogen and oxygen atoms in total. The first-order valence-corrected chi connectivity index (χ1v) is 5.14. The van der Waals surface area contributed by atoms with Gasteiger partial charge < -0.3 is 14.8 Å². The molecule has 13 heavy (non-hydrogen) atoms. The Kier molecular flexibility index (Phi) is 4.48. The lowest BCUT2D eigenvalue weighted by atomic mass is 10.2. The van der Waals surface area contributed by atoms with Gasteiger partial charge in [0.2, 0.25) is 0 Å². The number of hydrogen-bond donors (Lipinski definition) is 2. The van der Waals surface area contributed by atoms with Crippen LogP contribution in [-0.2, 0) is 6.54 Å². The summed E-state index contributed by atoms with van der Waals surface area (Å²) in [7, 11) is 0. The van der Waals surface area contributed by atoms with E-state index in [2.05, 4.69) is 21.2 Å². The highest BCUT2D eigenvalue weighted by Gasteiger charge is 2.04. The third-order valence-electron chi connectivity index (χ3n) is 1.91. The van der Waals surface area contributed by atoms with Gasteiger partial charge in [0.15, 0.2) is 4.67 Å². The second kappa shape index (κ2) is 5.42. The number of aliphatic hydroxyl groups is 1. The quantitative estimate of drug-likeness (QED) is 0.836. The first-order valence-electron chi connectivity index (χ1n) is 4.34. The molecule has 1 atom stereocenters. The van der Waals surface area contributed by atoms with E-state index in [0.29, 0.717) is 6.54 Å². The van der Waals surface area contributed by atoms with E-state index >= 15 is 0 Å². The molecule has 1 heterocycles. The smallest absolute Gasteiger partial charge is 0.169 e. The lowest BCUT2D eigenvalue weighted by molar-refractivity contribution is 0.235. The molecule has 74 valence electrons. The molecule has 0 aliphatic heterocycles. The summed E-state index contributed by atoms with van der Waals surface area (Å²) in [4.78, 5) is 0. The van der Waals surface area contributed by atoms with Gasteiger partial charge in [-0.1, -0.05) is 6.92 Å². The van der Waals surface area contributed by atoms with Crippen molar-refractivity contribution in [3.63, 3.8) is 0 Å². The molecule has 0 saturated carbocycles. The van der Waals surface area contributed by atoms with Crippen LogP contribution in [0.25, 0.3) is 0 Å². The van der Waals surface area contributed by atoms with Crippen LogP contribution in [0.15, 0.2) is 21.2 Å². The van der Waals surface area contributed by atoms with E-state index in [9.17, 15) is 0 Å². The van der Waals surface area contributed by atoms with Crippen LogP contribution < -0.4 is 5.32 Å². The molecule has 1 aromatic rings. The Balaban J connectivity index is 2.33. The molecule has 0 fully saturated rings. The Morgan fingerprint density at radius 2 is 2.38 bits per heavy atom. The largest absolute Gasteiger partial charge is 0.453 e. The van der Waals surface area contributed by atoms with Gasteiger partial charge in [-0.3, -0.25) is 0 Å². The van der Waals surface area contributed by atoms with Crippen molar-refractivity contribution in [3.05, 3.63) is 22.6 Å². The molecule has 0 radical (unpaired) electrons. The second-order valence-electron chi connectivity index (χ2n) is 2.87. The average Bonchev–Trinajstić information content (AvgIpc) is 2.53. The normalized spacial score (nSPS) is 13.2. The van der Waals surface area contributed by atoms with Gasteiger partial charge in [0.25, 0.3) is 0 Å². The van der Waals surface area contributed by atoms with E-state index in [1.807, 2.05) is 19.1 Å². The van der Waals surface area contributed by atoms with Crippen LogP contribution in [0, 0.1) is 0 Å². The van der Waals surface area contributed by atoms with E-state index in [-0.39, 0.29) is 12.6 Å². The highest BCUT2D eigenvalue weighted by atomic mass is 79.9. The minimum absolute atomic E-state index is 0.156. The summed E-state index contributed by atoms with van der Waals surface area (Å²) >= 11 is 3.23. The molecule has 1 unspecified atom stereocenters. The molecule has 0 amide bonds. The molecule has 0 aromatic carbocycles. The molecule has 4 heteroatoms. The summed E-state index contributed by atoms with van der Waals surface area (Å²) in [6, 6.07) is 3.92. The zero-order chi connectivity index (χ0) is 9.68. The van der Waals surface area contributed by atoms with E-state index in [0.717, 1.165) is 16.9 Å². The first-order chi connectivity index (χ1) is 6.26. The number of hydrogen-bond acceptors (Lipinski definition) is 3. The van der Waals surface area contributed by atoms with Crippen LogP contribution in [-0.4, -0.2) is 17.8 Å². The molecular formula is C9H14BrNO2. The van der Waals surface area contributed by atoms with Crippen molar-refractivity contribution in [1.29, 1.82) is 0 Å². The van der Waals surface area contributed by atoms with Crippen LogP contribution in [0.4, 0.5) is 0 Å². The predicted octanol–water partition coefficient (Wildman–Crippen LogP) is 1.90. The van der Waals surface area contributed by atoms with Crippen LogP contribution in [0.2, 0.25) is 0 Å². The fourth-order valence-corrected chi connectivity index (χ4v) is 1.37. The molecule has 0 spiro atoms. The Bertz CT molecular complexity index is 246. The van der Waals surface area contributed by atoms with E-state index in [1.54, 1.807) is 0 Å². The zero-order valence-corrected chi connectivity index (χ0v) is 9.17. The minimum Gasteiger partial charge on any atom is -0.453 e. The van der Waals surface area contributed by atoms with Crippen molar-refractivity contribution < 1.29 is 9.52 Å². The number of nitrogens with one attached hydrogen (secondary N) is 1. The molecule has 0 bridgehead atoms. The van der Waals surface area contributed by atoms with Gasteiger partial charge in [-0.2, -0.15) is 0 Å². The van der Waals surface area contributed by atoms with Crippen LogP contribution in [0.1, 0.15) is 19.1 Å². The Morgan fingerprint density at radius 1 is 1.62 bits per heavy atom. The average molecular weight is 248 g/mol. The third-order valence-corrected chi connectivity index (χ3v) is 2.33. The molecule has 0 saturated heterocycles. The Morgan fingerprint density at radius 3 is 2.85 bits per heavy atom. The van der Waals surface area contributed by atoms with Gasteiger partial charge in [-0.25, -0.2) is 0 Å². The van der Waals surface area contributed by atoms with Gasteiger partial charge in [-0.05, 0) is 34.5 Å². The molecule has 0 aliphatic rings. The second-order valence-corrected chi connectivity index (χ2v) is 3.66. The summed E-state index contributed by atoms with van der Waals surface area (Å²) in [5.74, 6) is 0.874. The lowest BCUT2D eigenvalue weighted by Crippen LogP contribution is -2.30. The summed E-state index contributed by atoms with van der Waals surface area (Å²) in [5.41, 5.74) is 0. The zero-order valence-electron chi connectivity index (χ0n) is 7.59. The lowest BCUT2D eigenvalue weighted by Gasteiger charge is -2.12. The van der Waals surface area contributed by atoms with Crippen molar-refractivity contribution in [1.82, 2.24) is 5.32 Å². The number of furan rings is 1. The maximum Gasteiger partial charge on any atom is 0.169 e. The summed E-state index contributed by atoms with van der Waals surface area (Å²) < 4.78 is 6.03. The van der Waals surface area contributed by atoms with E-state index in [1.165, 1.54) is 0 Å². The summed E-state index contributed by atoms with van der Waals surface area (Å²) in [5, 5.41) is 12.1. The summed E-state index contributed by atoms with van der Waals surface area (Å²) in [6.07, 6.45) is 0.915. The number of halogens is 1. The Labute approximate surface area is 86.3 Å². The SMILES string of the molecule is CCC(CO)NCc1ccc(Br)o1.